The molecule has 0 bridgehead atoms. The highest BCUT2D eigenvalue weighted by molar-refractivity contribution is 5.80. The standard InChI is InChI=1S/C16H16N2O4/c1-12-6-7-16(21-2)14(8-12)11-22-17-10-13-4-3-5-15(9-13)18(19)20/h3-10H,11H2,1-2H3/b17-10-. The summed E-state index contributed by atoms with van der Waals surface area (Å²) in [6.45, 7) is 2.24. The first-order valence-electron chi connectivity index (χ1n) is 6.63. The fraction of sp³-hybridized carbons (Fsp3) is 0.188. The van der Waals surface area contributed by atoms with E-state index in [9.17, 15) is 10.1 Å². The fourth-order valence-electron chi connectivity index (χ4n) is 1.94. The molecule has 22 heavy (non-hydrogen) atoms. The van der Waals surface area contributed by atoms with Gasteiger partial charge in [0.25, 0.3) is 5.69 Å². The maximum atomic E-state index is 10.7. The van der Waals surface area contributed by atoms with E-state index < -0.39 is 4.92 Å². The van der Waals surface area contributed by atoms with E-state index in [2.05, 4.69) is 5.16 Å². The third-order valence-corrected chi connectivity index (χ3v) is 3.01. The van der Waals surface area contributed by atoms with Gasteiger partial charge in [-0.15, -0.1) is 0 Å². The Morgan fingerprint density at radius 2 is 2.09 bits per heavy atom. The van der Waals surface area contributed by atoms with Gasteiger partial charge >= 0.3 is 0 Å². The lowest BCUT2D eigenvalue weighted by atomic mass is 10.1. The van der Waals surface area contributed by atoms with Crippen molar-refractivity contribution in [1.29, 1.82) is 0 Å². The molecular formula is C16H16N2O4. The number of oxime groups is 1. The van der Waals surface area contributed by atoms with Crippen molar-refractivity contribution < 1.29 is 14.5 Å². The largest absolute Gasteiger partial charge is 0.496 e. The Kier molecular flexibility index (Phi) is 5.08. The molecule has 0 unspecified atom stereocenters. The summed E-state index contributed by atoms with van der Waals surface area (Å²) in [6, 6.07) is 12.0. The molecule has 0 saturated carbocycles. The molecule has 0 fully saturated rings. The third kappa shape index (κ3) is 4.05. The molecule has 0 atom stereocenters. The van der Waals surface area contributed by atoms with Gasteiger partial charge in [-0.1, -0.05) is 28.9 Å². The fourth-order valence-corrected chi connectivity index (χ4v) is 1.94. The number of nitrogens with zero attached hydrogens (tertiary/aromatic N) is 2. The van der Waals surface area contributed by atoms with Crippen molar-refractivity contribution in [3.63, 3.8) is 0 Å². The van der Waals surface area contributed by atoms with Gasteiger partial charge < -0.3 is 9.57 Å². The quantitative estimate of drug-likeness (QED) is 0.465. The van der Waals surface area contributed by atoms with Crippen LogP contribution in [0.25, 0.3) is 0 Å². The number of nitro benzene ring substituents is 1. The summed E-state index contributed by atoms with van der Waals surface area (Å²) in [5, 5.41) is 14.5. The summed E-state index contributed by atoms with van der Waals surface area (Å²) in [5.41, 5.74) is 2.61. The Morgan fingerprint density at radius 3 is 2.82 bits per heavy atom. The second-order valence-electron chi connectivity index (χ2n) is 4.68. The molecule has 2 aromatic carbocycles. The third-order valence-electron chi connectivity index (χ3n) is 3.01. The smallest absolute Gasteiger partial charge is 0.270 e. The van der Waals surface area contributed by atoms with Crippen molar-refractivity contribution in [1.82, 2.24) is 0 Å². The van der Waals surface area contributed by atoms with Gasteiger partial charge in [-0.05, 0) is 19.1 Å². The minimum atomic E-state index is -0.449. The Bertz CT molecular complexity index is 698. The van der Waals surface area contributed by atoms with Gasteiger partial charge in [0.15, 0.2) is 0 Å². The van der Waals surface area contributed by atoms with E-state index in [1.807, 2.05) is 25.1 Å². The molecule has 2 rings (SSSR count). The number of nitro groups is 1. The van der Waals surface area contributed by atoms with Crippen LogP contribution >= 0.6 is 0 Å². The van der Waals surface area contributed by atoms with E-state index in [1.54, 1.807) is 19.2 Å². The number of non-ortho nitro benzene ring substituents is 1. The summed E-state index contributed by atoms with van der Waals surface area (Å²) in [4.78, 5) is 15.5. The minimum Gasteiger partial charge on any atom is -0.496 e. The van der Waals surface area contributed by atoms with Crippen LogP contribution in [0.3, 0.4) is 0 Å². The number of aryl methyl sites for hydroxylation is 1. The molecule has 0 aliphatic rings. The average Bonchev–Trinajstić information content (AvgIpc) is 2.52. The van der Waals surface area contributed by atoms with Gasteiger partial charge in [-0.2, -0.15) is 0 Å². The summed E-state index contributed by atoms with van der Waals surface area (Å²) in [6.07, 6.45) is 1.44. The summed E-state index contributed by atoms with van der Waals surface area (Å²) >= 11 is 0. The Balaban J connectivity index is 2.00. The van der Waals surface area contributed by atoms with Crippen LogP contribution in [0, 0.1) is 17.0 Å². The zero-order valence-electron chi connectivity index (χ0n) is 12.4. The van der Waals surface area contributed by atoms with Crippen LogP contribution in [0.2, 0.25) is 0 Å². The van der Waals surface area contributed by atoms with Crippen LogP contribution in [0.1, 0.15) is 16.7 Å². The zero-order valence-corrected chi connectivity index (χ0v) is 12.4. The van der Waals surface area contributed by atoms with Crippen LogP contribution in [0.4, 0.5) is 5.69 Å². The van der Waals surface area contributed by atoms with Gasteiger partial charge in [0.05, 0.1) is 18.2 Å². The highest BCUT2D eigenvalue weighted by Crippen LogP contribution is 2.20. The summed E-state index contributed by atoms with van der Waals surface area (Å²) in [7, 11) is 1.60. The van der Waals surface area contributed by atoms with Crippen molar-refractivity contribution in [2.24, 2.45) is 5.16 Å². The van der Waals surface area contributed by atoms with E-state index in [1.165, 1.54) is 18.3 Å². The molecule has 0 saturated heterocycles. The van der Waals surface area contributed by atoms with Gasteiger partial charge in [-0.3, -0.25) is 10.1 Å². The maximum Gasteiger partial charge on any atom is 0.270 e. The summed E-state index contributed by atoms with van der Waals surface area (Å²) < 4.78 is 5.25. The Morgan fingerprint density at radius 1 is 1.27 bits per heavy atom. The summed E-state index contributed by atoms with van der Waals surface area (Å²) in [5.74, 6) is 0.733. The molecule has 6 heteroatoms. The number of ether oxygens (including phenoxy) is 1. The molecular weight excluding hydrogens is 284 g/mol. The van der Waals surface area contributed by atoms with E-state index in [0.29, 0.717) is 5.56 Å². The van der Waals surface area contributed by atoms with Crippen molar-refractivity contribution in [2.45, 2.75) is 13.5 Å². The van der Waals surface area contributed by atoms with Gasteiger partial charge in [0, 0.05) is 23.3 Å². The molecule has 0 heterocycles. The monoisotopic (exact) mass is 300 g/mol. The number of rotatable bonds is 6. The lowest BCUT2D eigenvalue weighted by Crippen LogP contribution is -1.95. The molecule has 0 aromatic heterocycles. The Labute approximate surface area is 128 Å². The SMILES string of the molecule is COc1ccc(C)cc1CO/N=C\c1cccc([N+](=O)[O-])c1. The first-order chi connectivity index (χ1) is 10.6. The second-order valence-corrected chi connectivity index (χ2v) is 4.68. The lowest BCUT2D eigenvalue weighted by molar-refractivity contribution is -0.384. The highest BCUT2D eigenvalue weighted by atomic mass is 16.6. The van der Waals surface area contributed by atoms with Crippen LogP contribution in [0.15, 0.2) is 47.6 Å². The molecule has 0 aliphatic heterocycles. The van der Waals surface area contributed by atoms with Crippen molar-refractivity contribution >= 4 is 11.9 Å². The average molecular weight is 300 g/mol. The molecule has 0 spiro atoms. The van der Waals surface area contributed by atoms with Crippen molar-refractivity contribution in [2.75, 3.05) is 7.11 Å². The van der Waals surface area contributed by atoms with E-state index in [-0.39, 0.29) is 12.3 Å². The Hall–Kier alpha value is -2.89. The number of hydrogen-bond acceptors (Lipinski definition) is 5. The van der Waals surface area contributed by atoms with Gasteiger partial charge in [0.1, 0.15) is 12.4 Å². The molecule has 6 nitrogen and oxygen atoms in total. The number of hydrogen-bond donors (Lipinski definition) is 0. The van der Waals surface area contributed by atoms with E-state index >= 15 is 0 Å². The van der Waals surface area contributed by atoms with E-state index in [4.69, 9.17) is 9.57 Å². The topological polar surface area (TPSA) is 74.0 Å². The minimum absolute atomic E-state index is 0.0179. The lowest BCUT2D eigenvalue weighted by Gasteiger charge is -2.08. The van der Waals surface area contributed by atoms with Crippen LogP contribution < -0.4 is 4.74 Å². The predicted molar refractivity (Wildman–Crippen MR) is 83.2 cm³/mol. The maximum absolute atomic E-state index is 10.7. The molecule has 2 aromatic rings. The van der Waals surface area contributed by atoms with Crippen molar-refractivity contribution in [3.8, 4) is 5.75 Å². The predicted octanol–water partition coefficient (Wildman–Crippen LogP) is 3.46. The van der Waals surface area contributed by atoms with Crippen molar-refractivity contribution in [3.05, 3.63) is 69.3 Å². The first-order valence-corrected chi connectivity index (χ1v) is 6.63. The highest BCUT2D eigenvalue weighted by Gasteiger charge is 2.05. The molecule has 114 valence electrons. The molecule has 0 N–H and O–H groups in total. The molecule has 0 amide bonds. The van der Waals surface area contributed by atoms with E-state index in [0.717, 1.165) is 16.9 Å². The molecule has 0 radical (unpaired) electrons. The second kappa shape index (κ2) is 7.21. The van der Waals surface area contributed by atoms with Crippen LogP contribution in [0.5, 0.6) is 5.75 Å². The number of benzene rings is 2. The number of methoxy groups -OCH3 is 1. The van der Waals surface area contributed by atoms with Gasteiger partial charge in [-0.25, -0.2) is 0 Å². The zero-order chi connectivity index (χ0) is 15.9. The normalized spacial score (nSPS) is 10.6. The first kappa shape index (κ1) is 15.5. The van der Waals surface area contributed by atoms with Crippen LogP contribution in [-0.2, 0) is 11.4 Å². The van der Waals surface area contributed by atoms with Gasteiger partial charge in [0.2, 0.25) is 0 Å². The van der Waals surface area contributed by atoms with Crippen LogP contribution in [-0.4, -0.2) is 18.2 Å². The molecule has 0 aliphatic carbocycles.